The van der Waals surface area contributed by atoms with E-state index >= 15 is 0 Å². The van der Waals surface area contributed by atoms with Crippen LogP contribution in [0.5, 0.6) is 0 Å². The molecule has 6 heteroatoms. The summed E-state index contributed by atoms with van der Waals surface area (Å²) in [6.07, 6.45) is 4.32. The van der Waals surface area contributed by atoms with E-state index in [1.165, 1.54) is 10.5 Å². The van der Waals surface area contributed by atoms with Crippen LogP contribution < -0.4 is 9.96 Å². The zero-order valence-corrected chi connectivity index (χ0v) is 18.4. The Morgan fingerprint density at radius 3 is 2.16 bits per heavy atom. The van der Waals surface area contributed by atoms with Gasteiger partial charge in [0.25, 0.3) is 5.91 Å². The number of fused-ring (bicyclic) bond motifs is 1. The van der Waals surface area contributed by atoms with Crippen molar-refractivity contribution in [1.82, 2.24) is 0 Å². The lowest BCUT2D eigenvalue weighted by molar-refractivity contribution is -0.127. The van der Waals surface area contributed by atoms with Crippen molar-refractivity contribution in [2.24, 2.45) is 5.92 Å². The summed E-state index contributed by atoms with van der Waals surface area (Å²) < 4.78 is 6.42. The molecule has 5 rings (SSSR count). The highest BCUT2D eigenvalue weighted by molar-refractivity contribution is 6.24. The molecular formula is C26H28N2O4. The van der Waals surface area contributed by atoms with E-state index in [0.29, 0.717) is 12.1 Å². The molecule has 2 saturated heterocycles. The molecule has 0 spiro atoms. The predicted molar refractivity (Wildman–Crippen MR) is 122 cm³/mol. The molecule has 3 aliphatic rings. The summed E-state index contributed by atoms with van der Waals surface area (Å²) in [4.78, 5) is 34.7. The molecule has 0 bridgehead atoms. The van der Waals surface area contributed by atoms with Gasteiger partial charge >= 0.3 is 0 Å². The predicted octanol–water partition coefficient (Wildman–Crippen LogP) is 4.62. The minimum atomic E-state index is -0.864. The number of hydroxylamine groups is 1. The molecule has 3 aliphatic heterocycles. The number of carbonyl (C=O) groups is 2. The molecule has 2 fully saturated rings. The third-order valence-corrected chi connectivity index (χ3v) is 7.06. The minimum absolute atomic E-state index is 0.226. The van der Waals surface area contributed by atoms with Gasteiger partial charge in [0.1, 0.15) is 17.6 Å². The summed E-state index contributed by atoms with van der Waals surface area (Å²) in [7, 11) is 0. The fourth-order valence-electron chi connectivity index (χ4n) is 5.22. The van der Waals surface area contributed by atoms with E-state index in [-0.39, 0.29) is 11.8 Å². The topological polar surface area (TPSA) is 59.1 Å². The number of para-hydroxylation sites is 2. The Bertz CT molecular complexity index is 1040. The Morgan fingerprint density at radius 2 is 1.59 bits per heavy atom. The van der Waals surface area contributed by atoms with Crippen molar-refractivity contribution in [1.29, 1.82) is 0 Å². The van der Waals surface area contributed by atoms with Crippen LogP contribution in [0.2, 0.25) is 0 Å². The first-order valence-corrected chi connectivity index (χ1v) is 11.4. The van der Waals surface area contributed by atoms with Gasteiger partial charge in [0.05, 0.1) is 17.6 Å². The minimum Gasteiger partial charge on any atom is -0.493 e. The van der Waals surface area contributed by atoms with Crippen LogP contribution in [0.25, 0.3) is 0 Å². The van der Waals surface area contributed by atoms with E-state index < -0.39 is 23.7 Å². The van der Waals surface area contributed by atoms with Gasteiger partial charge in [-0.15, -0.1) is 0 Å². The number of carbonyl (C=O) groups excluding carboxylic acids is 2. The van der Waals surface area contributed by atoms with Crippen LogP contribution in [0.15, 0.2) is 72.5 Å². The number of rotatable bonds is 5. The Hall–Kier alpha value is -3.12. The lowest BCUT2D eigenvalue weighted by Crippen LogP contribution is -2.56. The Morgan fingerprint density at radius 1 is 0.938 bits per heavy atom. The van der Waals surface area contributed by atoms with Crippen LogP contribution in [0.1, 0.15) is 39.5 Å². The van der Waals surface area contributed by atoms with Crippen LogP contribution in [0, 0.1) is 5.92 Å². The molecule has 0 aromatic heterocycles. The van der Waals surface area contributed by atoms with Crippen LogP contribution in [-0.4, -0.2) is 29.6 Å². The van der Waals surface area contributed by atoms with Crippen molar-refractivity contribution >= 4 is 23.2 Å². The number of hydrogen-bond acceptors (Lipinski definition) is 5. The second-order valence-electron chi connectivity index (χ2n) is 8.67. The molecule has 0 N–H and O–H groups in total. The Kier molecular flexibility index (Phi) is 5.25. The quantitative estimate of drug-likeness (QED) is 0.646. The highest BCUT2D eigenvalue weighted by atomic mass is 16.7. The van der Waals surface area contributed by atoms with Crippen LogP contribution in [0.4, 0.5) is 11.4 Å². The number of nitrogens with zero attached hydrogens (tertiary/aromatic N) is 2. The third-order valence-electron chi connectivity index (χ3n) is 7.06. The van der Waals surface area contributed by atoms with E-state index in [1.54, 1.807) is 17.2 Å². The molecule has 0 unspecified atom stereocenters. The average molecular weight is 433 g/mol. The van der Waals surface area contributed by atoms with Crippen molar-refractivity contribution in [2.45, 2.75) is 57.3 Å². The van der Waals surface area contributed by atoms with E-state index in [0.717, 1.165) is 24.9 Å². The second-order valence-corrected chi connectivity index (χ2v) is 8.67. The Labute approximate surface area is 188 Å². The van der Waals surface area contributed by atoms with Crippen molar-refractivity contribution in [3.05, 3.63) is 72.5 Å². The fraction of sp³-hybridized carbons (Fsp3) is 0.385. The normalized spacial score (nSPS) is 29.7. The van der Waals surface area contributed by atoms with E-state index in [2.05, 4.69) is 13.8 Å². The zero-order valence-electron chi connectivity index (χ0n) is 18.4. The number of hydrogen-bond donors (Lipinski definition) is 0. The lowest BCUT2D eigenvalue weighted by atomic mass is 9.76. The first kappa shape index (κ1) is 20.8. The van der Waals surface area contributed by atoms with Crippen molar-refractivity contribution < 1.29 is 19.2 Å². The summed E-state index contributed by atoms with van der Waals surface area (Å²) in [6.45, 7) is 4.20. The average Bonchev–Trinajstić information content (AvgIpc) is 3.36. The maximum absolute atomic E-state index is 13.7. The number of benzene rings is 2. The van der Waals surface area contributed by atoms with Gasteiger partial charge in [-0.25, -0.2) is 9.96 Å². The first-order chi connectivity index (χ1) is 15.6. The molecule has 2 amide bonds. The van der Waals surface area contributed by atoms with Gasteiger partial charge in [-0.05, 0) is 55.5 Å². The largest absolute Gasteiger partial charge is 0.493 e. The molecule has 2 aromatic carbocycles. The molecule has 32 heavy (non-hydrogen) atoms. The van der Waals surface area contributed by atoms with Gasteiger partial charge < -0.3 is 4.74 Å². The molecule has 6 nitrogen and oxygen atoms in total. The van der Waals surface area contributed by atoms with Gasteiger partial charge in [0.15, 0.2) is 6.10 Å². The van der Waals surface area contributed by atoms with Gasteiger partial charge in [-0.1, -0.05) is 50.2 Å². The van der Waals surface area contributed by atoms with Gasteiger partial charge in [0, 0.05) is 0 Å². The summed E-state index contributed by atoms with van der Waals surface area (Å²) in [6, 6.07) is 18.3. The molecule has 3 heterocycles. The number of anilines is 2. The molecule has 0 radical (unpaired) electrons. The van der Waals surface area contributed by atoms with E-state index in [1.807, 2.05) is 54.8 Å². The van der Waals surface area contributed by atoms with Gasteiger partial charge in [-0.3, -0.25) is 14.4 Å². The van der Waals surface area contributed by atoms with Crippen LogP contribution in [0.3, 0.4) is 0 Å². The summed E-state index contributed by atoms with van der Waals surface area (Å²) in [5.74, 6) is -1.18. The summed E-state index contributed by atoms with van der Waals surface area (Å²) >= 11 is 0. The molecular weight excluding hydrogens is 404 g/mol. The molecule has 0 saturated carbocycles. The molecule has 0 aliphatic carbocycles. The first-order valence-electron chi connectivity index (χ1n) is 11.4. The number of allylic oxidation sites excluding steroid dienone is 1. The van der Waals surface area contributed by atoms with Crippen molar-refractivity contribution in [2.75, 3.05) is 9.96 Å². The van der Waals surface area contributed by atoms with Crippen molar-refractivity contribution in [3.8, 4) is 0 Å². The second kappa shape index (κ2) is 8.10. The Balaban J connectivity index is 1.58. The van der Waals surface area contributed by atoms with Gasteiger partial charge in [0.2, 0.25) is 5.91 Å². The number of ether oxygens (including phenoxy) is 1. The highest BCUT2D eigenvalue weighted by Crippen LogP contribution is 2.48. The monoisotopic (exact) mass is 432 g/mol. The summed E-state index contributed by atoms with van der Waals surface area (Å²) in [5, 5.41) is 1.77. The maximum Gasteiger partial charge on any atom is 0.266 e. The number of imide groups is 1. The smallest absolute Gasteiger partial charge is 0.266 e. The molecule has 2 aromatic rings. The van der Waals surface area contributed by atoms with Crippen LogP contribution in [-0.2, 0) is 19.2 Å². The zero-order chi connectivity index (χ0) is 22.3. The van der Waals surface area contributed by atoms with E-state index in [9.17, 15) is 9.59 Å². The SMILES string of the molecule is CCC1=CO[C@](CC)([C@H]2[C@H]3C(=O)N(c4ccccc4)C(=O)[C@@H]3ON2c2ccccc2)CC1. The molecule has 4 atom stereocenters. The standard InChI is InChI=1S/C26H28N2O4/c1-3-18-15-16-26(4-2,31-17-18)23-21-22(32-28(23)20-13-9-6-10-14-20)25(30)27(24(21)29)19-11-7-5-8-12-19/h5-14,17,21-23H,3-4,15-16H2,1-2H3/t21-,22+,23+,26-/m0/s1. The highest BCUT2D eigenvalue weighted by Gasteiger charge is 2.65. The fourth-order valence-corrected chi connectivity index (χ4v) is 5.22. The lowest BCUT2D eigenvalue weighted by Gasteiger charge is -2.45. The molecule has 166 valence electrons. The summed E-state index contributed by atoms with van der Waals surface area (Å²) in [5.41, 5.74) is 2.03. The van der Waals surface area contributed by atoms with Crippen molar-refractivity contribution in [3.63, 3.8) is 0 Å². The maximum atomic E-state index is 13.7. The van der Waals surface area contributed by atoms with E-state index in [4.69, 9.17) is 9.57 Å². The van der Waals surface area contributed by atoms with Gasteiger partial charge in [-0.2, -0.15) is 0 Å². The number of amides is 2. The van der Waals surface area contributed by atoms with Crippen LogP contribution >= 0.6 is 0 Å². The third kappa shape index (κ3) is 3.13.